The summed E-state index contributed by atoms with van der Waals surface area (Å²) in [5.41, 5.74) is 1.47. The number of rotatable bonds is 2. The number of hydrogen-bond donors (Lipinski definition) is 2. The third-order valence-electron chi connectivity index (χ3n) is 3.58. The highest BCUT2D eigenvalue weighted by Crippen LogP contribution is 2.34. The van der Waals surface area contributed by atoms with Crippen LogP contribution in [0.15, 0.2) is 24.3 Å². The molecule has 6 heteroatoms. The second kappa shape index (κ2) is 4.63. The fraction of sp³-hybridized carbons (Fsp3) is 0.357. The summed E-state index contributed by atoms with van der Waals surface area (Å²) in [5.74, 6) is -1.67. The number of likely N-dealkylation sites (N-methyl/N-ethyl adjacent to an activating group) is 1. The summed E-state index contributed by atoms with van der Waals surface area (Å²) in [4.78, 5) is 37.1. The van der Waals surface area contributed by atoms with Gasteiger partial charge in [-0.05, 0) is 18.9 Å². The van der Waals surface area contributed by atoms with Crippen LogP contribution >= 0.6 is 0 Å². The van der Waals surface area contributed by atoms with Gasteiger partial charge in [0.25, 0.3) is 5.91 Å². The van der Waals surface area contributed by atoms with Crippen LogP contribution in [0, 0.1) is 0 Å². The van der Waals surface area contributed by atoms with Crippen molar-refractivity contribution >= 4 is 23.4 Å². The summed E-state index contributed by atoms with van der Waals surface area (Å²) in [5, 5.41) is 5.11. The van der Waals surface area contributed by atoms with E-state index in [9.17, 15) is 14.4 Å². The number of nitrogens with one attached hydrogen (secondary N) is 2. The molecule has 0 saturated heterocycles. The molecular formula is C14H15N3O3. The van der Waals surface area contributed by atoms with E-state index in [1.165, 1.54) is 4.90 Å². The van der Waals surface area contributed by atoms with Gasteiger partial charge in [-0.15, -0.1) is 0 Å². The summed E-state index contributed by atoms with van der Waals surface area (Å²) < 4.78 is 0. The molecule has 1 heterocycles. The van der Waals surface area contributed by atoms with E-state index in [-0.39, 0.29) is 11.9 Å². The number of amides is 3. The molecule has 1 aromatic carbocycles. The number of carbonyl (C=O) groups is 3. The minimum absolute atomic E-state index is 0.113. The Morgan fingerprint density at radius 2 is 1.80 bits per heavy atom. The number of carbonyl (C=O) groups excluding carboxylic acids is 3. The van der Waals surface area contributed by atoms with Gasteiger partial charge in [-0.25, -0.2) is 0 Å². The van der Waals surface area contributed by atoms with E-state index in [2.05, 4.69) is 10.6 Å². The lowest BCUT2D eigenvalue weighted by molar-refractivity contribution is -0.140. The lowest BCUT2D eigenvalue weighted by Crippen LogP contribution is -2.44. The van der Waals surface area contributed by atoms with E-state index in [4.69, 9.17) is 0 Å². The molecule has 1 aliphatic heterocycles. The van der Waals surface area contributed by atoms with Crippen LogP contribution < -0.4 is 15.5 Å². The van der Waals surface area contributed by atoms with Crippen LogP contribution in [0.2, 0.25) is 0 Å². The first kappa shape index (κ1) is 12.7. The average molecular weight is 273 g/mol. The van der Waals surface area contributed by atoms with Crippen LogP contribution in [-0.2, 0) is 14.4 Å². The molecule has 6 nitrogen and oxygen atoms in total. The van der Waals surface area contributed by atoms with E-state index in [0.717, 1.165) is 18.5 Å². The van der Waals surface area contributed by atoms with Gasteiger partial charge in [0.15, 0.2) is 0 Å². The van der Waals surface area contributed by atoms with Crippen LogP contribution in [0.4, 0.5) is 5.69 Å². The highest BCUT2D eigenvalue weighted by atomic mass is 16.2. The van der Waals surface area contributed by atoms with E-state index >= 15 is 0 Å². The van der Waals surface area contributed by atoms with E-state index < -0.39 is 17.9 Å². The first-order chi connectivity index (χ1) is 9.58. The van der Waals surface area contributed by atoms with E-state index in [1.54, 1.807) is 19.2 Å². The molecule has 2 aliphatic rings. The fourth-order valence-corrected chi connectivity index (χ4v) is 2.30. The third kappa shape index (κ3) is 2.13. The lowest BCUT2D eigenvalue weighted by Gasteiger charge is -2.12. The highest BCUT2D eigenvalue weighted by Gasteiger charge is 2.37. The zero-order chi connectivity index (χ0) is 14.3. The number of hydrogen-bond acceptors (Lipinski definition) is 3. The molecule has 1 aromatic rings. The predicted molar refractivity (Wildman–Crippen MR) is 71.9 cm³/mol. The Hall–Kier alpha value is -2.37. The van der Waals surface area contributed by atoms with Crippen molar-refractivity contribution in [1.29, 1.82) is 0 Å². The Kier molecular flexibility index (Phi) is 2.93. The average Bonchev–Trinajstić information content (AvgIpc) is 3.23. The molecule has 1 aliphatic carbocycles. The van der Waals surface area contributed by atoms with Crippen LogP contribution in [0.3, 0.4) is 0 Å². The smallest absolute Gasteiger partial charge is 0.310 e. The highest BCUT2D eigenvalue weighted by molar-refractivity contribution is 6.35. The summed E-state index contributed by atoms with van der Waals surface area (Å²) in [7, 11) is 1.65. The Morgan fingerprint density at radius 1 is 1.15 bits per heavy atom. The number of nitrogens with zero attached hydrogens (tertiary/aromatic N) is 1. The summed E-state index contributed by atoms with van der Waals surface area (Å²) in [6, 6.07) is 6.54. The van der Waals surface area contributed by atoms with Crippen molar-refractivity contribution in [1.82, 2.24) is 10.6 Å². The van der Waals surface area contributed by atoms with Gasteiger partial charge >= 0.3 is 11.8 Å². The van der Waals surface area contributed by atoms with Gasteiger partial charge in [0.05, 0.1) is 0 Å². The van der Waals surface area contributed by atoms with Crippen molar-refractivity contribution in [3.05, 3.63) is 29.8 Å². The zero-order valence-corrected chi connectivity index (χ0v) is 11.1. The second-order valence-corrected chi connectivity index (χ2v) is 5.11. The van der Waals surface area contributed by atoms with Gasteiger partial charge in [0.1, 0.15) is 6.04 Å². The fourth-order valence-electron chi connectivity index (χ4n) is 2.30. The maximum atomic E-state index is 12.1. The van der Waals surface area contributed by atoms with Gasteiger partial charge in [0, 0.05) is 24.3 Å². The van der Waals surface area contributed by atoms with Crippen molar-refractivity contribution in [2.45, 2.75) is 24.9 Å². The molecule has 20 heavy (non-hydrogen) atoms. The monoisotopic (exact) mass is 273 g/mol. The standard InChI is InChI=1S/C14H15N3O3/c1-17-10-5-3-2-4-9(10)11(14(17)20)16-13(19)12(18)15-8-6-7-8/h2-5,8,11H,6-7H2,1H3,(H,15,18)(H,16,19)/t11-/m0/s1. The molecule has 0 radical (unpaired) electrons. The molecule has 0 unspecified atom stereocenters. The Balaban J connectivity index is 1.75. The number of benzene rings is 1. The van der Waals surface area contributed by atoms with Gasteiger partial charge in [-0.3, -0.25) is 14.4 Å². The zero-order valence-electron chi connectivity index (χ0n) is 11.1. The SMILES string of the molecule is CN1C(=O)[C@@H](NC(=O)C(=O)NC2CC2)c2ccccc21. The molecule has 0 spiro atoms. The largest absolute Gasteiger partial charge is 0.345 e. The Morgan fingerprint density at radius 3 is 2.50 bits per heavy atom. The van der Waals surface area contributed by atoms with Gasteiger partial charge in [-0.2, -0.15) is 0 Å². The first-order valence-electron chi connectivity index (χ1n) is 6.56. The topological polar surface area (TPSA) is 78.5 Å². The van der Waals surface area contributed by atoms with E-state index in [0.29, 0.717) is 5.56 Å². The summed E-state index contributed by atoms with van der Waals surface area (Å²) in [6.07, 6.45) is 1.82. The Labute approximate surface area is 116 Å². The summed E-state index contributed by atoms with van der Waals surface area (Å²) in [6.45, 7) is 0. The summed E-state index contributed by atoms with van der Waals surface area (Å²) >= 11 is 0. The minimum Gasteiger partial charge on any atom is -0.345 e. The second-order valence-electron chi connectivity index (χ2n) is 5.11. The maximum absolute atomic E-state index is 12.1. The van der Waals surface area contributed by atoms with Crippen LogP contribution in [-0.4, -0.2) is 30.8 Å². The van der Waals surface area contributed by atoms with Gasteiger partial charge in [-0.1, -0.05) is 18.2 Å². The quantitative estimate of drug-likeness (QED) is 0.750. The van der Waals surface area contributed by atoms with Crippen LogP contribution in [0.1, 0.15) is 24.4 Å². The lowest BCUT2D eigenvalue weighted by atomic mass is 10.1. The predicted octanol–water partition coefficient (Wildman–Crippen LogP) is 0.0989. The normalized spacial score (nSPS) is 20.6. The van der Waals surface area contributed by atoms with Crippen molar-refractivity contribution in [3.8, 4) is 0 Å². The molecule has 1 saturated carbocycles. The van der Waals surface area contributed by atoms with Gasteiger partial charge in [0.2, 0.25) is 0 Å². The maximum Gasteiger partial charge on any atom is 0.310 e. The van der Waals surface area contributed by atoms with Crippen molar-refractivity contribution in [3.63, 3.8) is 0 Å². The molecule has 3 amide bonds. The molecule has 3 rings (SSSR count). The van der Waals surface area contributed by atoms with Crippen molar-refractivity contribution in [2.24, 2.45) is 0 Å². The molecule has 104 valence electrons. The molecule has 0 bridgehead atoms. The third-order valence-corrected chi connectivity index (χ3v) is 3.58. The molecule has 2 N–H and O–H groups in total. The van der Waals surface area contributed by atoms with Crippen LogP contribution in [0.5, 0.6) is 0 Å². The number of fused-ring (bicyclic) bond motifs is 1. The first-order valence-corrected chi connectivity index (χ1v) is 6.56. The molecule has 1 fully saturated rings. The van der Waals surface area contributed by atoms with Crippen LogP contribution in [0.25, 0.3) is 0 Å². The van der Waals surface area contributed by atoms with Gasteiger partial charge < -0.3 is 15.5 Å². The van der Waals surface area contributed by atoms with E-state index in [1.807, 2.05) is 12.1 Å². The number of para-hydroxylation sites is 1. The number of anilines is 1. The Bertz CT molecular complexity index is 595. The molecule has 0 aromatic heterocycles. The minimum atomic E-state index is -0.784. The van der Waals surface area contributed by atoms with Crippen molar-refractivity contribution < 1.29 is 14.4 Å². The molecular weight excluding hydrogens is 258 g/mol. The molecule has 1 atom stereocenters. The van der Waals surface area contributed by atoms with Crippen molar-refractivity contribution in [2.75, 3.05) is 11.9 Å².